The second-order valence-electron chi connectivity index (χ2n) is 8.65. The van der Waals surface area contributed by atoms with E-state index in [0.717, 1.165) is 5.69 Å². The number of benzene rings is 5. The number of fused-ring (bicyclic) bond motifs is 6. The first-order valence-corrected chi connectivity index (χ1v) is 10.9. The molecule has 1 aromatic heterocycles. The van der Waals surface area contributed by atoms with Crippen LogP contribution in [-0.4, -0.2) is 4.98 Å². The largest absolute Gasteiger partial charge is 0.256 e. The Balaban J connectivity index is 1.69. The number of rotatable bonds is 2. The predicted molar refractivity (Wildman–Crippen MR) is 134 cm³/mol. The zero-order valence-electron chi connectivity index (χ0n) is 17.8. The van der Waals surface area contributed by atoms with Crippen molar-refractivity contribution >= 4 is 43.1 Å². The Morgan fingerprint density at radius 3 is 1.90 bits per heavy atom. The van der Waals surface area contributed by atoms with Gasteiger partial charge in [-0.05, 0) is 61.3 Å². The molecule has 0 fully saturated rings. The monoisotopic (exact) mass is 397 g/mol. The van der Waals surface area contributed by atoms with Crippen molar-refractivity contribution in [1.29, 1.82) is 0 Å². The quantitative estimate of drug-likeness (QED) is 0.267. The molecule has 148 valence electrons. The molecular weight excluding hydrogens is 374 g/mol. The van der Waals surface area contributed by atoms with Crippen LogP contribution < -0.4 is 0 Å². The third-order valence-corrected chi connectivity index (χ3v) is 6.44. The van der Waals surface area contributed by atoms with Gasteiger partial charge in [-0.25, -0.2) is 0 Å². The minimum absolute atomic E-state index is 0.465. The first kappa shape index (κ1) is 18.1. The summed E-state index contributed by atoms with van der Waals surface area (Å²) in [6.45, 7) is 4.54. The van der Waals surface area contributed by atoms with Crippen molar-refractivity contribution in [3.8, 4) is 11.3 Å². The summed E-state index contributed by atoms with van der Waals surface area (Å²) >= 11 is 0. The van der Waals surface area contributed by atoms with Gasteiger partial charge in [0, 0.05) is 17.1 Å². The highest BCUT2D eigenvalue weighted by atomic mass is 14.7. The van der Waals surface area contributed by atoms with Crippen LogP contribution in [-0.2, 0) is 0 Å². The van der Waals surface area contributed by atoms with E-state index >= 15 is 0 Å². The average molecular weight is 398 g/mol. The number of hydrogen-bond donors (Lipinski definition) is 0. The maximum absolute atomic E-state index is 4.96. The first-order valence-electron chi connectivity index (χ1n) is 10.9. The number of aromatic nitrogens is 1. The summed E-state index contributed by atoms with van der Waals surface area (Å²) in [7, 11) is 0. The standard InChI is InChI=1S/C30H23N/c1-19(2)27-16-21-17-30(31-18-29(21)26-14-8-6-12-24(26)27)28-15-20-9-3-4-10-22(20)23-11-5-7-13-25(23)28/h3-19H,1-2H3. The molecule has 0 aliphatic carbocycles. The van der Waals surface area contributed by atoms with Crippen molar-refractivity contribution in [2.24, 2.45) is 0 Å². The van der Waals surface area contributed by atoms with Crippen LogP contribution in [0.15, 0.2) is 97.2 Å². The molecule has 0 aliphatic rings. The predicted octanol–water partition coefficient (Wildman–Crippen LogP) is 8.48. The highest BCUT2D eigenvalue weighted by molar-refractivity contribution is 6.14. The third-order valence-electron chi connectivity index (χ3n) is 6.44. The van der Waals surface area contributed by atoms with E-state index in [1.165, 1.54) is 54.2 Å². The Labute approximate surface area is 182 Å². The van der Waals surface area contributed by atoms with Crippen molar-refractivity contribution in [2.75, 3.05) is 0 Å². The van der Waals surface area contributed by atoms with E-state index in [-0.39, 0.29) is 0 Å². The van der Waals surface area contributed by atoms with Crippen LogP contribution in [0.3, 0.4) is 0 Å². The van der Waals surface area contributed by atoms with Crippen LogP contribution in [0, 0.1) is 0 Å². The van der Waals surface area contributed by atoms with Crippen LogP contribution >= 0.6 is 0 Å². The number of hydrogen-bond acceptors (Lipinski definition) is 1. The lowest BCUT2D eigenvalue weighted by Crippen LogP contribution is -1.93. The SMILES string of the molecule is CC(C)c1cc2cc(-c3cc4ccccc4c4ccccc34)ncc2c2ccccc12. The molecule has 0 amide bonds. The van der Waals surface area contributed by atoms with Gasteiger partial charge in [0.15, 0.2) is 0 Å². The Morgan fingerprint density at radius 1 is 0.548 bits per heavy atom. The fraction of sp³-hybridized carbons (Fsp3) is 0.100. The van der Waals surface area contributed by atoms with Crippen LogP contribution in [0.1, 0.15) is 25.3 Å². The first-order chi connectivity index (χ1) is 15.2. The third kappa shape index (κ3) is 2.81. The van der Waals surface area contributed by atoms with Crippen molar-refractivity contribution in [1.82, 2.24) is 4.98 Å². The number of pyridine rings is 1. The van der Waals surface area contributed by atoms with Crippen molar-refractivity contribution in [3.05, 3.63) is 103 Å². The summed E-state index contributed by atoms with van der Waals surface area (Å²) < 4.78 is 0. The van der Waals surface area contributed by atoms with E-state index in [1.807, 2.05) is 0 Å². The minimum Gasteiger partial charge on any atom is -0.256 e. The lowest BCUT2D eigenvalue weighted by atomic mass is 9.91. The molecule has 0 saturated heterocycles. The van der Waals surface area contributed by atoms with Gasteiger partial charge in [0.2, 0.25) is 0 Å². The fourth-order valence-electron chi connectivity index (χ4n) is 4.92. The van der Waals surface area contributed by atoms with E-state index in [9.17, 15) is 0 Å². The lowest BCUT2D eigenvalue weighted by molar-refractivity contribution is 0.878. The molecule has 1 nitrogen and oxygen atoms in total. The Morgan fingerprint density at radius 2 is 1.16 bits per heavy atom. The van der Waals surface area contributed by atoms with E-state index in [4.69, 9.17) is 4.98 Å². The molecule has 1 heteroatoms. The molecule has 5 aromatic carbocycles. The zero-order chi connectivity index (χ0) is 20.9. The normalized spacial score (nSPS) is 11.8. The van der Waals surface area contributed by atoms with Gasteiger partial charge in [-0.3, -0.25) is 4.98 Å². The van der Waals surface area contributed by atoms with Gasteiger partial charge in [0.25, 0.3) is 0 Å². The second kappa shape index (κ2) is 6.92. The van der Waals surface area contributed by atoms with Crippen LogP contribution in [0.25, 0.3) is 54.3 Å². The average Bonchev–Trinajstić information content (AvgIpc) is 2.82. The lowest BCUT2D eigenvalue weighted by Gasteiger charge is -2.15. The highest BCUT2D eigenvalue weighted by Gasteiger charge is 2.13. The summed E-state index contributed by atoms with van der Waals surface area (Å²) in [5, 5.41) is 10.1. The highest BCUT2D eigenvalue weighted by Crippen LogP contribution is 2.37. The van der Waals surface area contributed by atoms with Gasteiger partial charge >= 0.3 is 0 Å². The molecule has 0 bridgehead atoms. The summed E-state index contributed by atoms with van der Waals surface area (Å²) in [5.41, 5.74) is 3.61. The maximum atomic E-state index is 4.96. The van der Waals surface area contributed by atoms with Gasteiger partial charge in [-0.15, -0.1) is 0 Å². The van der Waals surface area contributed by atoms with Crippen LogP contribution in [0.4, 0.5) is 0 Å². The molecule has 1 heterocycles. The Hall–Kier alpha value is -3.71. The molecule has 0 aliphatic heterocycles. The van der Waals surface area contributed by atoms with Crippen molar-refractivity contribution in [2.45, 2.75) is 19.8 Å². The summed E-state index contributed by atoms with van der Waals surface area (Å²) in [6, 6.07) is 32.9. The second-order valence-corrected chi connectivity index (χ2v) is 8.65. The summed E-state index contributed by atoms with van der Waals surface area (Å²) in [6.07, 6.45) is 2.06. The van der Waals surface area contributed by atoms with Gasteiger partial charge in [0.1, 0.15) is 0 Å². The van der Waals surface area contributed by atoms with Crippen molar-refractivity contribution < 1.29 is 0 Å². The maximum Gasteiger partial charge on any atom is 0.0714 e. The Bertz CT molecular complexity index is 1610. The van der Waals surface area contributed by atoms with Gasteiger partial charge in [-0.2, -0.15) is 0 Å². The minimum atomic E-state index is 0.465. The van der Waals surface area contributed by atoms with Gasteiger partial charge in [-0.1, -0.05) is 92.7 Å². The fourth-order valence-corrected chi connectivity index (χ4v) is 4.92. The molecule has 0 spiro atoms. The Kier molecular flexibility index (Phi) is 4.04. The smallest absolute Gasteiger partial charge is 0.0714 e. The van der Waals surface area contributed by atoms with Gasteiger partial charge in [0.05, 0.1) is 5.69 Å². The van der Waals surface area contributed by atoms with Crippen LogP contribution in [0.5, 0.6) is 0 Å². The van der Waals surface area contributed by atoms with Crippen molar-refractivity contribution in [3.63, 3.8) is 0 Å². The van der Waals surface area contributed by atoms with Crippen LogP contribution in [0.2, 0.25) is 0 Å². The molecule has 0 atom stereocenters. The van der Waals surface area contributed by atoms with E-state index in [2.05, 4.69) is 111 Å². The topological polar surface area (TPSA) is 12.9 Å². The van der Waals surface area contributed by atoms with Gasteiger partial charge < -0.3 is 0 Å². The molecule has 0 saturated carbocycles. The molecule has 0 unspecified atom stereocenters. The molecule has 0 radical (unpaired) electrons. The molecule has 6 rings (SSSR count). The molecule has 31 heavy (non-hydrogen) atoms. The van der Waals surface area contributed by atoms with E-state index < -0.39 is 0 Å². The van der Waals surface area contributed by atoms with E-state index in [1.54, 1.807) is 0 Å². The molecule has 6 aromatic rings. The molecular formula is C30H23N. The van der Waals surface area contributed by atoms with E-state index in [0.29, 0.717) is 5.92 Å². The molecule has 0 N–H and O–H groups in total. The zero-order valence-corrected chi connectivity index (χ0v) is 17.8. The summed E-state index contributed by atoms with van der Waals surface area (Å²) in [4.78, 5) is 4.96. The number of nitrogens with zero attached hydrogens (tertiary/aromatic N) is 1. The summed E-state index contributed by atoms with van der Waals surface area (Å²) in [5.74, 6) is 0.465.